The fourth-order valence-electron chi connectivity index (χ4n) is 3.37. The zero-order valence-electron chi connectivity index (χ0n) is 16.5. The first-order valence-electron chi connectivity index (χ1n) is 9.48. The molecule has 1 aromatic carbocycles. The molecule has 1 unspecified atom stereocenters. The van der Waals surface area contributed by atoms with Gasteiger partial charge in [0.15, 0.2) is 5.82 Å². The molecule has 1 atom stereocenters. The van der Waals surface area contributed by atoms with Crippen molar-refractivity contribution in [3.8, 4) is 0 Å². The highest BCUT2D eigenvalue weighted by atomic mass is 35.5. The summed E-state index contributed by atoms with van der Waals surface area (Å²) in [6, 6.07) is 3.60. The minimum Gasteiger partial charge on any atom is -0.338 e. The van der Waals surface area contributed by atoms with E-state index in [0.29, 0.717) is 0 Å². The van der Waals surface area contributed by atoms with Crippen molar-refractivity contribution < 1.29 is 27.2 Å². The molecule has 1 fully saturated rings. The van der Waals surface area contributed by atoms with Crippen LogP contribution in [-0.2, 0) is 17.4 Å². The molecule has 172 valence electrons. The van der Waals surface area contributed by atoms with Crippen LogP contribution in [0.25, 0.3) is 0 Å². The maximum atomic E-state index is 13.7. The van der Waals surface area contributed by atoms with E-state index in [1.807, 2.05) is 0 Å². The minimum absolute atomic E-state index is 0.0674. The van der Waals surface area contributed by atoms with Crippen molar-refractivity contribution in [1.29, 1.82) is 0 Å². The van der Waals surface area contributed by atoms with E-state index < -0.39 is 40.4 Å². The summed E-state index contributed by atoms with van der Waals surface area (Å²) in [4.78, 5) is 31.7. The van der Waals surface area contributed by atoms with Gasteiger partial charge in [-0.15, -0.1) is 0 Å². The molecule has 6 nitrogen and oxygen atoms in total. The van der Waals surface area contributed by atoms with Crippen molar-refractivity contribution in [2.45, 2.75) is 18.6 Å². The number of carbonyl (C=O) groups is 2. The van der Waals surface area contributed by atoms with Crippen molar-refractivity contribution in [2.24, 2.45) is 5.73 Å². The molecule has 0 bridgehead atoms. The fourth-order valence-corrected chi connectivity index (χ4v) is 3.86. The van der Waals surface area contributed by atoms with Crippen LogP contribution in [0, 0.1) is 5.82 Å². The molecule has 0 radical (unpaired) electrons. The number of alkyl halides is 3. The van der Waals surface area contributed by atoms with Gasteiger partial charge < -0.3 is 15.5 Å². The molecule has 3 rings (SSSR count). The van der Waals surface area contributed by atoms with Crippen LogP contribution in [0.1, 0.15) is 21.5 Å². The lowest BCUT2D eigenvalue weighted by atomic mass is 10.0. The van der Waals surface area contributed by atoms with E-state index in [0.717, 1.165) is 18.3 Å². The van der Waals surface area contributed by atoms with Gasteiger partial charge in [-0.1, -0.05) is 41.4 Å². The van der Waals surface area contributed by atoms with Crippen molar-refractivity contribution >= 4 is 35.0 Å². The summed E-state index contributed by atoms with van der Waals surface area (Å²) in [7, 11) is 0. The van der Waals surface area contributed by atoms with E-state index >= 15 is 0 Å². The number of aromatic nitrogens is 1. The molecule has 1 aliphatic heterocycles. The molecular formula is C20H18Cl2F4N4O2. The number of hydrogen-bond donors (Lipinski definition) is 1. The van der Waals surface area contributed by atoms with Crippen molar-refractivity contribution in [3.05, 3.63) is 63.1 Å². The van der Waals surface area contributed by atoms with Gasteiger partial charge in [-0.05, 0) is 18.1 Å². The highest BCUT2D eigenvalue weighted by Gasteiger charge is 2.32. The Bertz CT molecular complexity index is 1030. The number of nitrogens with zero attached hydrogens (tertiary/aromatic N) is 3. The summed E-state index contributed by atoms with van der Waals surface area (Å²) in [6.45, 7) is 0.506. The number of nitrogens with two attached hydrogens (primary N) is 1. The fraction of sp³-hybridized carbons (Fsp3) is 0.350. The number of rotatable bonds is 4. The maximum Gasteiger partial charge on any atom is 0.416 e. The summed E-state index contributed by atoms with van der Waals surface area (Å²) < 4.78 is 52.3. The highest BCUT2D eigenvalue weighted by Crippen LogP contribution is 2.30. The third kappa shape index (κ3) is 5.31. The molecule has 0 aliphatic carbocycles. The van der Waals surface area contributed by atoms with E-state index in [1.165, 1.54) is 21.9 Å². The molecule has 2 amide bonds. The average molecular weight is 493 g/mol. The van der Waals surface area contributed by atoms with E-state index in [-0.39, 0.29) is 48.9 Å². The van der Waals surface area contributed by atoms with Crippen molar-refractivity contribution in [3.63, 3.8) is 0 Å². The molecular weight excluding hydrogens is 475 g/mol. The number of carbonyl (C=O) groups excluding carboxylic acids is 2. The predicted octanol–water partition coefficient (Wildman–Crippen LogP) is 3.40. The van der Waals surface area contributed by atoms with Crippen LogP contribution in [0.2, 0.25) is 10.2 Å². The highest BCUT2D eigenvalue weighted by molar-refractivity contribution is 6.39. The second-order valence-corrected chi connectivity index (χ2v) is 7.95. The molecule has 32 heavy (non-hydrogen) atoms. The molecule has 1 aliphatic rings. The van der Waals surface area contributed by atoms with Gasteiger partial charge in [-0.3, -0.25) is 9.59 Å². The molecule has 2 aromatic rings. The Balaban J connectivity index is 1.61. The normalized spacial score (nSPS) is 15.6. The second kappa shape index (κ2) is 9.60. The van der Waals surface area contributed by atoms with Crippen LogP contribution in [0.4, 0.5) is 17.6 Å². The quantitative estimate of drug-likeness (QED) is 0.523. The third-order valence-corrected chi connectivity index (χ3v) is 5.70. The second-order valence-electron chi connectivity index (χ2n) is 7.21. The Morgan fingerprint density at radius 1 is 1.12 bits per heavy atom. The van der Waals surface area contributed by atoms with Gasteiger partial charge in [0.1, 0.15) is 5.15 Å². The van der Waals surface area contributed by atoms with E-state index in [4.69, 9.17) is 28.9 Å². The first kappa shape index (κ1) is 24.2. The van der Waals surface area contributed by atoms with Crippen LogP contribution >= 0.6 is 23.2 Å². The minimum atomic E-state index is -4.49. The number of benzene rings is 1. The largest absolute Gasteiger partial charge is 0.416 e. The van der Waals surface area contributed by atoms with Gasteiger partial charge in [0.05, 0.1) is 28.4 Å². The summed E-state index contributed by atoms with van der Waals surface area (Å²) in [5.41, 5.74) is 5.16. The Morgan fingerprint density at radius 2 is 1.75 bits per heavy atom. The third-order valence-electron chi connectivity index (χ3n) is 5.05. The summed E-state index contributed by atoms with van der Waals surface area (Å²) in [6.07, 6.45) is -3.75. The lowest BCUT2D eigenvalue weighted by Gasteiger charge is -2.36. The zero-order valence-corrected chi connectivity index (χ0v) is 18.0. The molecule has 0 saturated carbocycles. The predicted molar refractivity (Wildman–Crippen MR) is 110 cm³/mol. The van der Waals surface area contributed by atoms with Gasteiger partial charge >= 0.3 is 6.18 Å². The smallest absolute Gasteiger partial charge is 0.338 e. The number of amides is 2. The lowest BCUT2D eigenvalue weighted by molar-refractivity contribution is -0.137. The zero-order chi connectivity index (χ0) is 23.6. The number of piperazine rings is 1. The molecule has 1 aromatic heterocycles. The number of pyridine rings is 1. The van der Waals surface area contributed by atoms with Gasteiger partial charge in [0, 0.05) is 26.2 Å². The number of hydrogen-bond acceptors (Lipinski definition) is 4. The first-order valence-corrected chi connectivity index (χ1v) is 10.2. The first-order chi connectivity index (χ1) is 15.0. The summed E-state index contributed by atoms with van der Waals surface area (Å²) in [5.74, 6) is -1.95. The van der Waals surface area contributed by atoms with Crippen LogP contribution in [0.3, 0.4) is 0 Å². The molecule has 2 N–H and O–H groups in total. The van der Waals surface area contributed by atoms with Crippen LogP contribution in [0.5, 0.6) is 0 Å². The maximum absolute atomic E-state index is 13.7. The topological polar surface area (TPSA) is 79.5 Å². The molecule has 2 heterocycles. The van der Waals surface area contributed by atoms with E-state index in [1.54, 1.807) is 0 Å². The molecule has 12 heteroatoms. The van der Waals surface area contributed by atoms with Crippen LogP contribution < -0.4 is 5.73 Å². The van der Waals surface area contributed by atoms with Crippen LogP contribution in [-0.4, -0.2) is 58.8 Å². The Labute approximate surface area is 190 Å². The lowest BCUT2D eigenvalue weighted by Crippen LogP contribution is -2.54. The average Bonchev–Trinajstić information content (AvgIpc) is 2.75. The van der Waals surface area contributed by atoms with Crippen molar-refractivity contribution in [2.75, 3.05) is 26.2 Å². The summed E-state index contributed by atoms with van der Waals surface area (Å²) >= 11 is 11.7. The monoisotopic (exact) mass is 492 g/mol. The van der Waals surface area contributed by atoms with Crippen LogP contribution in [0.15, 0.2) is 30.5 Å². The van der Waals surface area contributed by atoms with Crippen molar-refractivity contribution in [1.82, 2.24) is 14.8 Å². The van der Waals surface area contributed by atoms with Gasteiger partial charge in [0.2, 0.25) is 5.91 Å². The van der Waals surface area contributed by atoms with Gasteiger partial charge in [0.25, 0.3) is 5.91 Å². The van der Waals surface area contributed by atoms with E-state index in [2.05, 4.69) is 4.98 Å². The standard InChI is InChI=1S/C20H18Cl2F4N4O2/c21-16-13(23)10-28-17(22)15(16)19(32)30-6-4-29(5-7-30)18(31)14(27)9-11-2-1-3-12(8-11)20(24,25)26/h1-3,8,10,14H,4-7,9,27H2. The Kier molecular flexibility index (Phi) is 7.26. The SMILES string of the molecule is NC(Cc1cccc(C(F)(F)F)c1)C(=O)N1CCN(C(=O)c2c(Cl)ncc(F)c2Cl)CC1. The van der Waals surface area contributed by atoms with Gasteiger partial charge in [-0.2, -0.15) is 13.2 Å². The molecule has 1 saturated heterocycles. The Morgan fingerprint density at radius 3 is 2.38 bits per heavy atom. The van der Waals surface area contributed by atoms with E-state index in [9.17, 15) is 27.2 Å². The van der Waals surface area contributed by atoms with Gasteiger partial charge in [-0.25, -0.2) is 9.37 Å². The Hall–Kier alpha value is -2.43. The number of halogens is 6. The molecule has 0 spiro atoms. The summed E-state index contributed by atoms with van der Waals surface area (Å²) in [5, 5.41) is -0.667.